The van der Waals surface area contributed by atoms with E-state index in [0.717, 1.165) is 0 Å². The Hall–Kier alpha value is -0.600. The van der Waals surface area contributed by atoms with E-state index in [1.165, 1.54) is 6.07 Å². The highest BCUT2D eigenvalue weighted by Gasteiger charge is 2.03. The van der Waals surface area contributed by atoms with Gasteiger partial charge in [0, 0.05) is 10.6 Å². The van der Waals surface area contributed by atoms with E-state index < -0.39 is 0 Å². The van der Waals surface area contributed by atoms with Gasteiger partial charge in [0.25, 0.3) is 0 Å². The summed E-state index contributed by atoms with van der Waals surface area (Å²) in [5.74, 6) is -0.244. The molecule has 66 valence electrons. The van der Waals surface area contributed by atoms with E-state index in [2.05, 4.69) is 5.32 Å². The summed E-state index contributed by atoms with van der Waals surface area (Å²) in [6.45, 7) is 0.612. The fourth-order valence-electron chi connectivity index (χ4n) is 0.995. The topological polar surface area (TPSA) is 14.1 Å². The normalized spacial score (nSPS) is 10.2. The molecule has 0 aromatic heterocycles. The number of rotatable bonds is 3. The Morgan fingerprint density at radius 2 is 2.25 bits per heavy atom. The largest absolute Gasteiger partial charge is 0.665 e. The van der Waals surface area contributed by atoms with Crippen molar-refractivity contribution in [1.29, 1.82) is 0 Å². The number of hydrogen-bond donors (Lipinski definition) is 0. The summed E-state index contributed by atoms with van der Waals surface area (Å²) < 4.78 is 13.0. The number of likely N-dealkylation sites (N-methyl/N-ethyl adjacent to an activating group) is 1. The number of nitrogens with zero attached hydrogens (tertiary/aromatic N) is 1. The molecular weight excluding hydrogens is 177 g/mol. The molecule has 1 aromatic carbocycles. The maximum atomic E-state index is 13.0. The minimum atomic E-state index is -0.244. The van der Waals surface area contributed by atoms with Crippen LogP contribution in [0, 0.1) is 5.82 Å². The van der Waals surface area contributed by atoms with Crippen molar-refractivity contribution in [2.24, 2.45) is 0 Å². The van der Waals surface area contributed by atoms with Crippen LogP contribution in [0.1, 0.15) is 5.56 Å². The minimum Gasteiger partial charge on any atom is -0.665 e. The first-order valence-electron chi connectivity index (χ1n) is 3.74. The van der Waals surface area contributed by atoms with Crippen LogP contribution in [-0.2, 0) is 6.42 Å². The van der Waals surface area contributed by atoms with Crippen molar-refractivity contribution in [3.05, 3.63) is 39.9 Å². The van der Waals surface area contributed by atoms with Crippen LogP contribution in [0.2, 0.25) is 5.02 Å². The van der Waals surface area contributed by atoms with Gasteiger partial charge < -0.3 is 5.32 Å². The molecule has 0 bridgehead atoms. The van der Waals surface area contributed by atoms with Crippen molar-refractivity contribution in [2.75, 3.05) is 13.6 Å². The molecule has 0 radical (unpaired) electrons. The lowest BCUT2D eigenvalue weighted by atomic mass is 10.1. The molecule has 0 saturated heterocycles. The first-order chi connectivity index (χ1) is 5.75. The molecule has 0 aliphatic rings. The highest BCUT2D eigenvalue weighted by atomic mass is 35.5. The van der Waals surface area contributed by atoms with Crippen molar-refractivity contribution in [1.82, 2.24) is 0 Å². The molecular formula is C9H10ClFN-. The standard InChI is InChI=1S/C9H10ClFN/c1-12-6-5-7-8(10)3-2-4-9(7)11/h2-4H,5-6H2,1H3/q-1. The summed E-state index contributed by atoms with van der Waals surface area (Å²) in [7, 11) is 1.70. The van der Waals surface area contributed by atoms with E-state index >= 15 is 0 Å². The summed E-state index contributed by atoms with van der Waals surface area (Å²) in [5.41, 5.74) is 0.560. The van der Waals surface area contributed by atoms with Gasteiger partial charge >= 0.3 is 0 Å². The van der Waals surface area contributed by atoms with Gasteiger partial charge in [-0.1, -0.05) is 17.7 Å². The molecule has 1 aromatic rings. The Morgan fingerprint density at radius 3 is 2.83 bits per heavy atom. The molecule has 0 fully saturated rings. The monoisotopic (exact) mass is 186 g/mol. The lowest BCUT2D eigenvalue weighted by molar-refractivity contribution is 0.611. The Morgan fingerprint density at radius 1 is 1.50 bits per heavy atom. The molecule has 0 aliphatic carbocycles. The Balaban J connectivity index is 2.81. The van der Waals surface area contributed by atoms with Crippen LogP contribution in [0.5, 0.6) is 0 Å². The molecule has 1 rings (SSSR count). The van der Waals surface area contributed by atoms with Crippen molar-refractivity contribution in [3.63, 3.8) is 0 Å². The molecule has 0 N–H and O–H groups in total. The van der Waals surface area contributed by atoms with Gasteiger partial charge in [0.15, 0.2) is 0 Å². The fraction of sp³-hybridized carbons (Fsp3) is 0.333. The molecule has 1 nitrogen and oxygen atoms in total. The van der Waals surface area contributed by atoms with Gasteiger partial charge in [-0.2, -0.15) is 7.05 Å². The first kappa shape index (κ1) is 9.49. The van der Waals surface area contributed by atoms with E-state index in [4.69, 9.17) is 11.6 Å². The van der Waals surface area contributed by atoms with Gasteiger partial charge in [-0.05, 0) is 18.6 Å². The maximum absolute atomic E-state index is 13.0. The number of benzene rings is 1. The summed E-state index contributed by atoms with van der Waals surface area (Å²) in [6, 6.07) is 4.71. The van der Waals surface area contributed by atoms with Gasteiger partial charge in [-0.15, -0.1) is 6.54 Å². The summed E-state index contributed by atoms with van der Waals surface area (Å²) in [4.78, 5) is 0. The zero-order valence-corrected chi connectivity index (χ0v) is 7.61. The van der Waals surface area contributed by atoms with Crippen LogP contribution in [0.4, 0.5) is 4.39 Å². The smallest absolute Gasteiger partial charge is 0.127 e. The Labute approximate surface area is 76.5 Å². The van der Waals surface area contributed by atoms with Gasteiger partial charge in [0.05, 0.1) is 0 Å². The van der Waals surface area contributed by atoms with E-state index in [0.29, 0.717) is 23.6 Å². The predicted octanol–water partition coefficient (Wildman–Crippen LogP) is 3.03. The lowest BCUT2D eigenvalue weighted by Crippen LogP contribution is -1.95. The van der Waals surface area contributed by atoms with Crippen LogP contribution >= 0.6 is 11.6 Å². The zero-order valence-electron chi connectivity index (χ0n) is 6.85. The Kier molecular flexibility index (Phi) is 3.50. The van der Waals surface area contributed by atoms with Crippen molar-refractivity contribution in [2.45, 2.75) is 6.42 Å². The second-order valence-electron chi connectivity index (χ2n) is 2.49. The van der Waals surface area contributed by atoms with Crippen molar-refractivity contribution in [3.8, 4) is 0 Å². The fourth-order valence-corrected chi connectivity index (χ4v) is 1.25. The average molecular weight is 187 g/mol. The SMILES string of the molecule is C[N-]CCc1c(F)cccc1Cl. The van der Waals surface area contributed by atoms with E-state index in [1.54, 1.807) is 19.2 Å². The summed E-state index contributed by atoms with van der Waals surface area (Å²) in [6.07, 6.45) is 0.571. The second-order valence-corrected chi connectivity index (χ2v) is 2.90. The van der Waals surface area contributed by atoms with Crippen molar-refractivity contribution < 1.29 is 4.39 Å². The van der Waals surface area contributed by atoms with Crippen LogP contribution in [0.15, 0.2) is 18.2 Å². The van der Waals surface area contributed by atoms with Crippen LogP contribution < -0.4 is 0 Å². The zero-order chi connectivity index (χ0) is 8.97. The minimum absolute atomic E-state index is 0.244. The Bertz CT molecular complexity index is 242. The third kappa shape index (κ3) is 2.19. The quantitative estimate of drug-likeness (QED) is 0.689. The summed E-state index contributed by atoms with van der Waals surface area (Å²) in [5, 5.41) is 4.37. The molecule has 0 spiro atoms. The molecule has 12 heavy (non-hydrogen) atoms. The molecule has 0 saturated carbocycles. The molecule has 0 unspecified atom stereocenters. The maximum Gasteiger partial charge on any atom is 0.127 e. The second kappa shape index (κ2) is 4.43. The van der Waals surface area contributed by atoms with Crippen molar-refractivity contribution >= 4 is 11.6 Å². The third-order valence-electron chi connectivity index (χ3n) is 1.65. The number of hydrogen-bond acceptors (Lipinski definition) is 0. The van der Waals surface area contributed by atoms with Gasteiger partial charge in [0.2, 0.25) is 0 Å². The van der Waals surface area contributed by atoms with Gasteiger partial charge in [0.1, 0.15) is 5.82 Å². The molecule has 0 amide bonds. The van der Waals surface area contributed by atoms with Crippen LogP contribution in [0.25, 0.3) is 5.32 Å². The lowest BCUT2D eigenvalue weighted by Gasteiger charge is -2.11. The molecule has 0 aliphatic heterocycles. The molecule has 0 atom stereocenters. The average Bonchev–Trinajstić information content (AvgIpc) is 2.04. The highest BCUT2D eigenvalue weighted by molar-refractivity contribution is 6.31. The van der Waals surface area contributed by atoms with E-state index in [1.807, 2.05) is 0 Å². The van der Waals surface area contributed by atoms with Crippen LogP contribution in [0.3, 0.4) is 0 Å². The van der Waals surface area contributed by atoms with Gasteiger partial charge in [-0.3, -0.25) is 0 Å². The predicted molar refractivity (Wildman–Crippen MR) is 49.3 cm³/mol. The summed E-state index contributed by atoms with van der Waals surface area (Å²) >= 11 is 5.78. The molecule has 0 heterocycles. The third-order valence-corrected chi connectivity index (χ3v) is 2.00. The molecule has 3 heteroatoms. The van der Waals surface area contributed by atoms with Gasteiger partial charge in [-0.25, -0.2) is 4.39 Å². The highest BCUT2D eigenvalue weighted by Crippen LogP contribution is 2.19. The first-order valence-corrected chi connectivity index (χ1v) is 4.12. The van der Waals surface area contributed by atoms with E-state index in [9.17, 15) is 4.39 Å². The van der Waals surface area contributed by atoms with E-state index in [-0.39, 0.29) is 5.82 Å². The van der Waals surface area contributed by atoms with Crippen LogP contribution in [-0.4, -0.2) is 13.6 Å². The number of halogens is 2.